The summed E-state index contributed by atoms with van der Waals surface area (Å²) in [5.74, 6) is -1.03. The molecule has 2 aliphatic rings. The Balaban J connectivity index is 1.87. The van der Waals surface area contributed by atoms with Crippen molar-refractivity contribution < 1.29 is 14.7 Å². The SMILES string of the molecule is CC1CC(C(=O)O)CCN1C(=O)NC1CC1. The van der Waals surface area contributed by atoms with Gasteiger partial charge < -0.3 is 15.3 Å². The van der Waals surface area contributed by atoms with Gasteiger partial charge in [0, 0.05) is 18.6 Å². The van der Waals surface area contributed by atoms with Gasteiger partial charge in [0.25, 0.3) is 0 Å². The number of nitrogens with zero attached hydrogens (tertiary/aromatic N) is 1. The fraction of sp³-hybridized carbons (Fsp3) is 0.818. The van der Waals surface area contributed by atoms with E-state index in [1.165, 1.54) is 0 Å². The summed E-state index contributed by atoms with van der Waals surface area (Å²) in [4.78, 5) is 24.4. The van der Waals surface area contributed by atoms with Crippen LogP contribution in [0.2, 0.25) is 0 Å². The number of hydrogen-bond donors (Lipinski definition) is 2. The molecule has 90 valence electrons. The summed E-state index contributed by atoms with van der Waals surface area (Å²) in [7, 11) is 0. The Kier molecular flexibility index (Phi) is 3.03. The van der Waals surface area contributed by atoms with Gasteiger partial charge in [0.05, 0.1) is 5.92 Å². The lowest BCUT2D eigenvalue weighted by Crippen LogP contribution is -2.50. The highest BCUT2D eigenvalue weighted by Gasteiger charge is 2.34. The minimum Gasteiger partial charge on any atom is -0.481 e. The van der Waals surface area contributed by atoms with Crippen LogP contribution in [0.5, 0.6) is 0 Å². The number of piperidine rings is 1. The first kappa shape index (κ1) is 11.2. The number of rotatable bonds is 2. The van der Waals surface area contributed by atoms with Gasteiger partial charge in [-0.3, -0.25) is 4.79 Å². The van der Waals surface area contributed by atoms with Gasteiger partial charge in [-0.05, 0) is 32.6 Å². The third-order valence-electron chi connectivity index (χ3n) is 3.39. The molecule has 1 aliphatic heterocycles. The smallest absolute Gasteiger partial charge is 0.317 e. The van der Waals surface area contributed by atoms with Crippen molar-refractivity contribution >= 4 is 12.0 Å². The van der Waals surface area contributed by atoms with E-state index in [1.807, 2.05) is 6.92 Å². The molecule has 0 radical (unpaired) electrons. The van der Waals surface area contributed by atoms with Gasteiger partial charge in [0.2, 0.25) is 0 Å². The third-order valence-corrected chi connectivity index (χ3v) is 3.39. The Morgan fingerprint density at radius 2 is 2.00 bits per heavy atom. The van der Waals surface area contributed by atoms with E-state index in [0.717, 1.165) is 12.8 Å². The summed E-state index contributed by atoms with van der Waals surface area (Å²) in [5, 5.41) is 11.9. The predicted octanol–water partition coefficient (Wildman–Crippen LogP) is 1.04. The van der Waals surface area contributed by atoms with Crippen LogP contribution in [0.1, 0.15) is 32.6 Å². The molecule has 5 heteroatoms. The highest BCUT2D eigenvalue weighted by Crippen LogP contribution is 2.24. The van der Waals surface area contributed by atoms with Crippen LogP contribution in [-0.2, 0) is 4.79 Å². The number of carboxylic acid groups (broad SMARTS) is 1. The summed E-state index contributed by atoms with van der Waals surface area (Å²) in [6, 6.07) is 0.351. The minimum atomic E-state index is -0.742. The van der Waals surface area contributed by atoms with Gasteiger partial charge in [0.1, 0.15) is 0 Å². The Morgan fingerprint density at radius 1 is 1.31 bits per heavy atom. The zero-order valence-corrected chi connectivity index (χ0v) is 9.48. The van der Waals surface area contributed by atoms with E-state index < -0.39 is 5.97 Å². The van der Waals surface area contributed by atoms with Crippen molar-refractivity contribution in [3.05, 3.63) is 0 Å². The number of amides is 2. The van der Waals surface area contributed by atoms with Gasteiger partial charge in [-0.25, -0.2) is 4.79 Å². The fourth-order valence-electron chi connectivity index (χ4n) is 2.18. The van der Waals surface area contributed by atoms with Gasteiger partial charge >= 0.3 is 12.0 Å². The second-order valence-corrected chi connectivity index (χ2v) is 4.83. The molecule has 0 aromatic carbocycles. The number of likely N-dealkylation sites (tertiary alicyclic amines) is 1. The van der Waals surface area contributed by atoms with Gasteiger partial charge in [-0.15, -0.1) is 0 Å². The first-order valence-corrected chi connectivity index (χ1v) is 5.88. The number of nitrogens with one attached hydrogen (secondary N) is 1. The molecule has 1 saturated carbocycles. The Hall–Kier alpha value is -1.26. The lowest BCUT2D eigenvalue weighted by atomic mass is 9.92. The van der Waals surface area contributed by atoms with Gasteiger partial charge in [-0.1, -0.05) is 0 Å². The van der Waals surface area contributed by atoms with Crippen molar-refractivity contribution in [1.82, 2.24) is 10.2 Å². The largest absolute Gasteiger partial charge is 0.481 e. The van der Waals surface area contributed by atoms with E-state index in [9.17, 15) is 9.59 Å². The van der Waals surface area contributed by atoms with Crippen LogP contribution in [-0.4, -0.2) is 40.6 Å². The number of aliphatic carboxylic acids is 1. The van der Waals surface area contributed by atoms with Crippen molar-refractivity contribution in [2.24, 2.45) is 5.92 Å². The van der Waals surface area contributed by atoms with E-state index in [-0.39, 0.29) is 18.0 Å². The average molecular weight is 226 g/mol. The van der Waals surface area contributed by atoms with Crippen molar-refractivity contribution in [2.75, 3.05) is 6.54 Å². The number of hydrogen-bond acceptors (Lipinski definition) is 2. The van der Waals surface area contributed by atoms with Crippen molar-refractivity contribution in [1.29, 1.82) is 0 Å². The predicted molar refractivity (Wildman–Crippen MR) is 58.1 cm³/mol. The Morgan fingerprint density at radius 3 is 2.50 bits per heavy atom. The standard InChI is InChI=1S/C11H18N2O3/c1-7-6-8(10(14)15)4-5-13(7)11(16)12-9-2-3-9/h7-9H,2-6H2,1H3,(H,12,16)(H,14,15). The molecule has 2 unspecified atom stereocenters. The number of carbonyl (C=O) groups is 2. The van der Waals surface area contributed by atoms with E-state index >= 15 is 0 Å². The quantitative estimate of drug-likeness (QED) is 0.739. The fourth-order valence-corrected chi connectivity index (χ4v) is 2.18. The summed E-state index contributed by atoms with van der Waals surface area (Å²) < 4.78 is 0. The maximum absolute atomic E-state index is 11.8. The third kappa shape index (κ3) is 2.46. The molecule has 1 aliphatic carbocycles. The van der Waals surface area contributed by atoms with Crippen LogP contribution < -0.4 is 5.32 Å². The van der Waals surface area contributed by atoms with Crippen LogP contribution >= 0.6 is 0 Å². The molecule has 0 aromatic rings. The summed E-state index contributed by atoms with van der Waals surface area (Å²) in [6.07, 6.45) is 3.28. The zero-order chi connectivity index (χ0) is 11.7. The van der Waals surface area contributed by atoms with Crippen molar-refractivity contribution in [2.45, 2.75) is 44.7 Å². The van der Waals surface area contributed by atoms with Crippen LogP contribution in [0.25, 0.3) is 0 Å². The van der Waals surface area contributed by atoms with E-state index in [0.29, 0.717) is 25.4 Å². The molecule has 2 N–H and O–H groups in total. The topological polar surface area (TPSA) is 69.6 Å². The van der Waals surface area contributed by atoms with Crippen LogP contribution in [0.4, 0.5) is 4.79 Å². The molecule has 0 bridgehead atoms. The summed E-state index contributed by atoms with van der Waals surface area (Å²) >= 11 is 0. The molecule has 1 saturated heterocycles. The second kappa shape index (κ2) is 4.31. The molecule has 1 heterocycles. The average Bonchev–Trinajstić information content (AvgIpc) is 3.01. The monoisotopic (exact) mass is 226 g/mol. The highest BCUT2D eigenvalue weighted by atomic mass is 16.4. The molecule has 2 atom stereocenters. The molecule has 0 spiro atoms. The molecular formula is C11H18N2O3. The minimum absolute atomic E-state index is 0.0219. The summed E-state index contributed by atoms with van der Waals surface area (Å²) in [5.41, 5.74) is 0. The lowest BCUT2D eigenvalue weighted by Gasteiger charge is -2.36. The van der Waals surface area contributed by atoms with Crippen molar-refractivity contribution in [3.63, 3.8) is 0 Å². The van der Waals surface area contributed by atoms with Crippen LogP contribution in [0.3, 0.4) is 0 Å². The zero-order valence-electron chi connectivity index (χ0n) is 9.48. The number of urea groups is 1. The van der Waals surface area contributed by atoms with E-state index in [4.69, 9.17) is 5.11 Å². The maximum atomic E-state index is 11.8. The van der Waals surface area contributed by atoms with E-state index in [1.54, 1.807) is 4.90 Å². The lowest BCUT2D eigenvalue weighted by molar-refractivity contribution is -0.143. The molecule has 0 aromatic heterocycles. The first-order valence-electron chi connectivity index (χ1n) is 5.88. The van der Waals surface area contributed by atoms with Crippen LogP contribution in [0.15, 0.2) is 0 Å². The number of carboxylic acids is 1. The molecule has 16 heavy (non-hydrogen) atoms. The first-order chi connectivity index (χ1) is 7.58. The Bertz CT molecular complexity index is 302. The van der Waals surface area contributed by atoms with Gasteiger partial charge in [0.15, 0.2) is 0 Å². The number of carbonyl (C=O) groups excluding carboxylic acids is 1. The van der Waals surface area contributed by atoms with Crippen molar-refractivity contribution in [3.8, 4) is 0 Å². The summed E-state index contributed by atoms with van der Waals surface area (Å²) in [6.45, 7) is 2.47. The van der Waals surface area contributed by atoms with Gasteiger partial charge in [-0.2, -0.15) is 0 Å². The normalized spacial score (nSPS) is 29.9. The molecule has 2 rings (SSSR count). The molecular weight excluding hydrogens is 208 g/mol. The molecule has 2 fully saturated rings. The molecule has 5 nitrogen and oxygen atoms in total. The highest BCUT2D eigenvalue weighted by molar-refractivity contribution is 5.76. The molecule has 2 amide bonds. The Labute approximate surface area is 94.8 Å². The second-order valence-electron chi connectivity index (χ2n) is 4.83. The van der Waals surface area contributed by atoms with E-state index in [2.05, 4.69) is 5.32 Å². The van der Waals surface area contributed by atoms with Crippen LogP contribution in [0, 0.1) is 5.92 Å². The maximum Gasteiger partial charge on any atom is 0.317 e.